The second-order valence-electron chi connectivity index (χ2n) is 3.31. The van der Waals surface area contributed by atoms with Crippen molar-refractivity contribution in [2.24, 2.45) is 7.05 Å². The Morgan fingerprint density at radius 1 is 1.33 bits per heavy atom. The number of benzene rings is 1. The van der Waals surface area contributed by atoms with Gasteiger partial charge in [-0.2, -0.15) is 5.10 Å². The molecule has 2 rings (SSSR count). The van der Waals surface area contributed by atoms with Gasteiger partial charge in [-0.05, 0) is 35.9 Å². The van der Waals surface area contributed by atoms with Crippen LogP contribution in [0.25, 0.3) is 11.3 Å². The number of aromatic nitrogens is 2. The van der Waals surface area contributed by atoms with Crippen molar-refractivity contribution in [2.45, 2.75) is 6.61 Å². The molecule has 4 heteroatoms. The van der Waals surface area contributed by atoms with Crippen molar-refractivity contribution >= 4 is 0 Å². The van der Waals surface area contributed by atoms with Gasteiger partial charge in [0.05, 0.1) is 18.0 Å². The van der Waals surface area contributed by atoms with Gasteiger partial charge in [0.25, 0.3) is 0 Å². The fraction of sp³-hybridized carbons (Fsp3) is 0.182. The van der Waals surface area contributed by atoms with Crippen LogP contribution in [0.3, 0.4) is 0 Å². The Labute approximate surface area is 86.8 Å². The maximum Gasteiger partial charge on any atom is 0.123 e. The Kier molecular flexibility index (Phi) is 2.51. The summed E-state index contributed by atoms with van der Waals surface area (Å²) in [6.45, 7) is -0.0883. The van der Waals surface area contributed by atoms with Gasteiger partial charge in [-0.1, -0.05) is 0 Å². The Morgan fingerprint density at radius 2 is 2.00 bits per heavy atom. The summed E-state index contributed by atoms with van der Waals surface area (Å²) in [4.78, 5) is 0. The van der Waals surface area contributed by atoms with Crippen LogP contribution in [-0.4, -0.2) is 14.9 Å². The van der Waals surface area contributed by atoms with E-state index in [1.165, 1.54) is 12.1 Å². The van der Waals surface area contributed by atoms with E-state index in [2.05, 4.69) is 5.10 Å². The molecule has 0 aliphatic heterocycles. The fourth-order valence-corrected chi connectivity index (χ4v) is 1.49. The van der Waals surface area contributed by atoms with E-state index in [0.29, 0.717) is 5.69 Å². The van der Waals surface area contributed by atoms with Crippen molar-refractivity contribution in [3.8, 4) is 11.3 Å². The van der Waals surface area contributed by atoms with E-state index in [1.807, 2.05) is 0 Å². The summed E-state index contributed by atoms with van der Waals surface area (Å²) in [5.74, 6) is -0.261. The van der Waals surface area contributed by atoms with Crippen LogP contribution in [-0.2, 0) is 13.7 Å². The summed E-state index contributed by atoms with van der Waals surface area (Å²) < 4.78 is 14.4. The quantitative estimate of drug-likeness (QED) is 0.812. The highest BCUT2D eigenvalue weighted by atomic mass is 19.1. The van der Waals surface area contributed by atoms with E-state index < -0.39 is 0 Å². The molecule has 15 heavy (non-hydrogen) atoms. The zero-order valence-corrected chi connectivity index (χ0v) is 8.31. The molecule has 0 radical (unpaired) electrons. The van der Waals surface area contributed by atoms with Crippen LogP contribution in [0.4, 0.5) is 4.39 Å². The van der Waals surface area contributed by atoms with Gasteiger partial charge in [0.15, 0.2) is 0 Å². The summed E-state index contributed by atoms with van der Waals surface area (Å²) in [7, 11) is 1.79. The summed E-state index contributed by atoms with van der Waals surface area (Å²) in [5, 5.41) is 13.0. The topological polar surface area (TPSA) is 38.0 Å². The molecule has 1 aromatic carbocycles. The van der Waals surface area contributed by atoms with Crippen LogP contribution in [0.1, 0.15) is 5.69 Å². The van der Waals surface area contributed by atoms with E-state index in [4.69, 9.17) is 5.11 Å². The second kappa shape index (κ2) is 3.82. The van der Waals surface area contributed by atoms with Gasteiger partial charge >= 0.3 is 0 Å². The Morgan fingerprint density at radius 3 is 2.53 bits per heavy atom. The van der Waals surface area contributed by atoms with E-state index in [0.717, 1.165) is 11.3 Å². The molecular formula is C11H11FN2O. The van der Waals surface area contributed by atoms with Crippen LogP contribution < -0.4 is 0 Å². The lowest BCUT2D eigenvalue weighted by atomic mass is 10.1. The van der Waals surface area contributed by atoms with Gasteiger partial charge in [-0.3, -0.25) is 4.68 Å². The maximum atomic E-state index is 12.7. The molecule has 3 nitrogen and oxygen atoms in total. The molecule has 0 atom stereocenters. The van der Waals surface area contributed by atoms with E-state index >= 15 is 0 Å². The van der Waals surface area contributed by atoms with Crippen LogP contribution in [0, 0.1) is 5.82 Å². The molecule has 0 saturated carbocycles. The Hall–Kier alpha value is -1.68. The summed E-state index contributed by atoms with van der Waals surface area (Å²) in [6, 6.07) is 7.97. The summed E-state index contributed by atoms with van der Waals surface area (Å²) in [6.07, 6.45) is 0. The molecule has 78 valence electrons. The number of hydrogen-bond acceptors (Lipinski definition) is 2. The minimum Gasteiger partial charge on any atom is -0.390 e. The summed E-state index contributed by atoms with van der Waals surface area (Å²) in [5.41, 5.74) is 2.35. The van der Waals surface area contributed by atoms with Gasteiger partial charge in [-0.15, -0.1) is 0 Å². The summed E-state index contributed by atoms with van der Waals surface area (Å²) >= 11 is 0. The largest absolute Gasteiger partial charge is 0.390 e. The number of hydrogen-bond donors (Lipinski definition) is 1. The predicted octanol–water partition coefficient (Wildman–Crippen LogP) is 1.72. The van der Waals surface area contributed by atoms with Gasteiger partial charge < -0.3 is 5.11 Å². The van der Waals surface area contributed by atoms with Crippen molar-refractivity contribution in [1.82, 2.24) is 9.78 Å². The lowest BCUT2D eigenvalue weighted by Crippen LogP contribution is -1.94. The molecular weight excluding hydrogens is 195 g/mol. The minimum atomic E-state index is -0.261. The molecule has 1 aromatic heterocycles. The number of aliphatic hydroxyl groups excluding tert-OH is 1. The molecule has 0 aliphatic carbocycles. The third kappa shape index (κ3) is 1.89. The van der Waals surface area contributed by atoms with Gasteiger partial charge in [-0.25, -0.2) is 4.39 Å². The highest BCUT2D eigenvalue weighted by molar-refractivity contribution is 5.59. The predicted molar refractivity (Wildman–Crippen MR) is 54.5 cm³/mol. The van der Waals surface area contributed by atoms with Gasteiger partial charge in [0.1, 0.15) is 5.82 Å². The molecule has 1 N–H and O–H groups in total. The molecule has 0 spiro atoms. The van der Waals surface area contributed by atoms with Crippen molar-refractivity contribution in [3.63, 3.8) is 0 Å². The maximum absolute atomic E-state index is 12.7. The third-order valence-electron chi connectivity index (χ3n) is 2.23. The zero-order chi connectivity index (χ0) is 10.8. The normalized spacial score (nSPS) is 10.6. The van der Waals surface area contributed by atoms with Gasteiger partial charge in [0, 0.05) is 7.05 Å². The Bertz CT molecular complexity index is 462. The van der Waals surface area contributed by atoms with E-state index in [9.17, 15) is 4.39 Å². The van der Waals surface area contributed by atoms with Crippen LogP contribution in [0.15, 0.2) is 30.3 Å². The molecule has 2 aromatic rings. The monoisotopic (exact) mass is 206 g/mol. The molecule has 0 saturated heterocycles. The number of rotatable bonds is 2. The fourth-order valence-electron chi connectivity index (χ4n) is 1.49. The first-order chi connectivity index (χ1) is 7.20. The third-order valence-corrected chi connectivity index (χ3v) is 2.23. The first-order valence-electron chi connectivity index (χ1n) is 4.60. The zero-order valence-electron chi connectivity index (χ0n) is 8.31. The number of halogens is 1. The standard InChI is InChI=1S/C11H11FN2O/c1-14-11(6-10(7-15)13-14)8-2-4-9(12)5-3-8/h2-6,15H,7H2,1H3. The van der Waals surface area contributed by atoms with Crippen LogP contribution in [0.5, 0.6) is 0 Å². The number of nitrogens with zero attached hydrogens (tertiary/aromatic N) is 2. The van der Waals surface area contributed by atoms with E-state index in [1.54, 1.807) is 29.9 Å². The number of aliphatic hydroxyl groups is 1. The Balaban J connectivity index is 2.44. The van der Waals surface area contributed by atoms with Gasteiger partial charge in [0.2, 0.25) is 0 Å². The molecule has 0 amide bonds. The minimum absolute atomic E-state index is 0.0883. The average molecular weight is 206 g/mol. The molecule has 0 unspecified atom stereocenters. The highest BCUT2D eigenvalue weighted by Gasteiger charge is 2.06. The first-order valence-corrected chi connectivity index (χ1v) is 4.60. The lowest BCUT2D eigenvalue weighted by Gasteiger charge is -2.00. The molecule has 0 fully saturated rings. The van der Waals surface area contributed by atoms with E-state index in [-0.39, 0.29) is 12.4 Å². The number of aryl methyl sites for hydroxylation is 1. The highest BCUT2D eigenvalue weighted by Crippen LogP contribution is 2.19. The lowest BCUT2D eigenvalue weighted by molar-refractivity contribution is 0.275. The van der Waals surface area contributed by atoms with Crippen LogP contribution in [0.2, 0.25) is 0 Å². The van der Waals surface area contributed by atoms with Crippen LogP contribution >= 0.6 is 0 Å². The van der Waals surface area contributed by atoms with Crippen molar-refractivity contribution in [3.05, 3.63) is 41.8 Å². The molecule has 0 aliphatic rings. The molecule has 0 bridgehead atoms. The van der Waals surface area contributed by atoms with Crippen molar-refractivity contribution < 1.29 is 9.50 Å². The second-order valence-corrected chi connectivity index (χ2v) is 3.31. The van der Waals surface area contributed by atoms with Crippen molar-refractivity contribution in [1.29, 1.82) is 0 Å². The smallest absolute Gasteiger partial charge is 0.123 e. The average Bonchev–Trinajstić information content (AvgIpc) is 2.61. The first kappa shape index (κ1) is 9.86. The molecule has 1 heterocycles. The SMILES string of the molecule is Cn1nc(CO)cc1-c1ccc(F)cc1. The van der Waals surface area contributed by atoms with Crippen molar-refractivity contribution in [2.75, 3.05) is 0 Å².